The lowest BCUT2D eigenvalue weighted by molar-refractivity contribution is 0.354. The normalized spacial score (nSPS) is 10.8. The topological polar surface area (TPSA) is 75.2 Å². The van der Waals surface area contributed by atoms with Gasteiger partial charge in [-0.15, -0.1) is 10.2 Å². The average Bonchev–Trinajstić information content (AvgIpc) is 3.01. The van der Waals surface area contributed by atoms with E-state index >= 15 is 0 Å². The number of methoxy groups -OCH3 is 2. The van der Waals surface area contributed by atoms with Crippen molar-refractivity contribution in [3.05, 3.63) is 53.3 Å². The molecule has 0 atom stereocenters. The van der Waals surface area contributed by atoms with E-state index in [0.29, 0.717) is 33.8 Å². The number of halogens is 1. The van der Waals surface area contributed by atoms with Crippen LogP contribution in [0.4, 0.5) is 4.39 Å². The molecular weight excluding hydrogens is 355 g/mol. The molecular formula is C18H19FN4O2S. The number of nitrogens with zero attached hydrogens (tertiary/aromatic N) is 3. The first-order chi connectivity index (χ1) is 12.5. The summed E-state index contributed by atoms with van der Waals surface area (Å²) in [7, 11) is 3.21. The van der Waals surface area contributed by atoms with Crippen LogP contribution in [0.1, 0.15) is 11.1 Å². The molecule has 136 valence electrons. The molecule has 1 heterocycles. The first kappa shape index (κ1) is 18.1. The van der Waals surface area contributed by atoms with E-state index in [1.807, 2.05) is 19.1 Å². The summed E-state index contributed by atoms with van der Waals surface area (Å²) in [5.74, 6) is 8.15. The first-order valence-corrected chi connectivity index (χ1v) is 8.82. The predicted octanol–water partition coefficient (Wildman–Crippen LogP) is 3.42. The van der Waals surface area contributed by atoms with Crippen LogP contribution in [0.3, 0.4) is 0 Å². The van der Waals surface area contributed by atoms with Gasteiger partial charge in [-0.3, -0.25) is 0 Å². The summed E-state index contributed by atoms with van der Waals surface area (Å²) >= 11 is 1.44. The number of hydrogen-bond acceptors (Lipinski definition) is 6. The van der Waals surface area contributed by atoms with Crippen LogP contribution in [0.15, 0.2) is 41.6 Å². The van der Waals surface area contributed by atoms with Crippen molar-refractivity contribution in [2.45, 2.75) is 17.8 Å². The zero-order valence-electron chi connectivity index (χ0n) is 14.7. The van der Waals surface area contributed by atoms with Crippen LogP contribution in [0.2, 0.25) is 0 Å². The number of nitrogen functional groups attached to an aromatic ring is 1. The van der Waals surface area contributed by atoms with Gasteiger partial charge >= 0.3 is 0 Å². The Balaban J connectivity index is 1.81. The fourth-order valence-electron chi connectivity index (χ4n) is 2.52. The molecule has 1 aromatic heterocycles. The van der Waals surface area contributed by atoms with Gasteiger partial charge in [0.15, 0.2) is 17.3 Å². The van der Waals surface area contributed by atoms with Gasteiger partial charge in [-0.05, 0) is 42.3 Å². The quantitative estimate of drug-likeness (QED) is 0.526. The highest BCUT2D eigenvalue weighted by atomic mass is 32.2. The van der Waals surface area contributed by atoms with E-state index in [4.69, 9.17) is 15.3 Å². The lowest BCUT2D eigenvalue weighted by Gasteiger charge is -2.12. The largest absolute Gasteiger partial charge is 0.493 e. The number of thioether (sulfide) groups is 1. The molecule has 3 rings (SSSR count). The molecule has 0 saturated carbocycles. The molecule has 2 aromatic carbocycles. The Morgan fingerprint density at radius 1 is 1.12 bits per heavy atom. The summed E-state index contributed by atoms with van der Waals surface area (Å²) in [6.45, 7) is 2.00. The summed E-state index contributed by atoms with van der Waals surface area (Å²) < 4.78 is 25.4. The van der Waals surface area contributed by atoms with Crippen molar-refractivity contribution >= 4 is 11.8 Å². The number of rotatable bonds is 6. The summed E-state index contributed by atoms with van der Waals surface area (Å²) in [4.78, 5) is 0. The Kier molecular flexibility index (Phi) is 5.32. The van der Waals surface area contributed by atoms with Crippen LogP contribution in [0.25, 0.3) is 11.4 Å². The molecule has 0 saturated heterocycles. The van der Waals surface area contributed by atoms with Gasteiger partial charge < -0.3 is 15.3 Å². The van der Waals surface area contributed by atoms with E-state index in [1.165, 1.54) is 28.6 Å². The molecule has 0 radical (unpaired) electrons. The third kappa shape index (κ3) is 3.60. The second-order valence-electron chi connectivity index (χ2n) is 5.61. The smallest absolute Gasteiger partial charge is 0.210 e. The molecule has 2 N–H and O–H groups in total. The van der Waals surface area contributed by atoms with Crippen molar-refractivity contribution in [1.29, 1.82) is 0 Å². The van der Waals surface area contributed by atoms with E-state index in [0.717, 1.165) is 11.1 Å². The van der Waals surface area contributed by atoms with Crippen molar-refractivity contribution in [3.8, 4) is 22.9 Å². The Hall–Kier alpha value is -2.74. The van der Waals surface area contributed by atoms with Gasteiger partial charge in [-0.25, -0.2) is 9.07 Å². The predicted molar refractivity (Wildman–Crippen MR) is 99.4 cm³/mol. The Morgan fingerprint density at radius 2 is 1.85 bits per heavy atom. The zero-order chi connectivity index (χ0) is 18.7. The molecule has 0 bridgehead atoms. The summed E-state index contributed by atoms with van der Waals surface area (Å²) in [6, 6.07) is 9.96. The molecule has 26 heavy (non-hydrogen) atoms. The van der Waals surface area contributed by atoms with Crippen molar-refractivity contribution in [2.24, 2.45) is 0 Å². The van der Waals surface area contributed by atoms with Gasteiger partial charge in [-0.2, -0.15) is 0 Å². The van der Waals surface area contributed by atoms with Crippen LogP contribution in [-0.4, -0.2) is 29.1 Å². The van der Waals surface area contributed by atoms with Crippen LogP contribution < -0.4 is 15.3 Å². The third-order valence-electron chi connectivity index (χ3n) is 3.95. The fraction of sp³-hybridized carbons (Fsp3) is 0.222. The Bertz CT molecular complexity index is 930. The maximum Gasteiger partial charge on any atom is 0.210 e. The van der Waals surface area contributed by atoms with Gasteiger partial charge in [0.1, 0.15) is 5.82 Å². The highest BCUT2D eigenvalue weighted by molar-refractivity contribution is 7.98. The molecule has 6 nitrogen and oxygen atoms in total. The number of aromatic nitrogens is 3. The molecule has 0 aliphatic heterocycles. The van der Waals surface area contributed by atoms with Crippen LogP contribution in [-0.2, 0) is 5.75 Å². The van der Waals surface area contributed by atoms with Gasteiger partial charge in [0.2, 0.25) is 5.16 Å². The van der Waals surface area contributed by atoms with Crippen molar-refractivity contribution in [2.75, 3.05) is 20.1 Å². The molecule has 0 spiro atoms. The SMILES string of the molecule is COc1cc(C)c(CSc2nnc(-c3cccc(F)c3)n2N)cc1OC. The molecule has 0 fully saturated rings. The maximum absolute atomic E-state index is 13.4. The minimum atomic E-state index is -0.347. The third-order valence-corrected chi connectivity index (χ3v) is 4.94. The lowest BCUT2D eigenvalue weighted by atomic mass is 10.1. The van der Waals surface area contributed by atoms with E-state index in [1.54, 1.807) is 26.4 Å². The van der Waals surface area contributed by atoms with Crippen LogP contribution in [0, 0.1) is 12.7 Å². The van der Waals surface area contributed by atoms with E-state index < -0.39 is 0 Å². The fourth-order valence-corrected chi connectivity index (χ4v) is 3.44. The second kappa shape index (κ2) is 7.65. The molecule has 0 aliphatic carbocycles. The Labute approximate surface area is 155 Å². The molecule has 3 aromatic rings. The monoisotopic (exact) mass is 374 g/mol. The van der Waals surface area contributed by atoms with E-state index in [-0.39, 0.29) is 5.82 Å². The van der Waals surface area contributed by atoms with Crippen LogP contribution >= 0.6 is 11.8 Å². The maximum atomic E-state index is 13.4. The standard InChI is InChI=1S/C18H19FN4O2S/c1-11-7-15(24-2)16(25-3)9-13(11)10-26-18-22-21-17(23(18)20)12-5-4-6-14(19)8-12/h4-9H,10,20H2,1-3H3. The summed E-state index contributed by atoms with van der Waals surface area (Å²) in [6.07, 6.45) is 0. The Morgan fingerprint density at radius 3 is 2.54 bits per heavy atom. The minimum absolute atomic E-state index is 0.347. The summed E-state index contributed by atoms with van der Waals surface area (Å²) in [5, 5.41) is 8.73. The zero-order valence-corrected chi connectivity index (χ0v) is 15.5. The highest BCUT2D eigenvalue weighted by Crippen LogP contribution is 2.33. The van der Waals surface area contributed by atoms with Gasteiger partial charge in [0.05, 0.1) is 14.2 Å². The molecule has 0 aliphatic rings. The lowest BCUT2D eigenvalue weighted by Crippen LogP contribution is -2.11. The van der Waals surface area contributed by atoms with Crippen molar-refractivity contribution in [3.63, 3.8) is 0 Å². The van der Waals surface area contributed by atoms with Crippen LogP contribution in [0.5, 0.6) is 11.5 Å². The van der Waals surface area contributed by atoms with Gasteiger partial charge in [-0.1, -0.05) is 23.9 Å². The minimum Gasteiger partial charge on any atom is -0.493 e. The van der Waals surface area contributed by atoms with Crippen molar-refractivity contribution < 1.29 is 13.9 Å². The average molecular weight is 374 g/mol. The molecule has 0 unspecified atom stereocenters. The number of nitrogens with two attached hydrogens (primary N) is 1. The number of hydrogen-bond donors (Lipinski definition) is 1. The molecule has 0 amide bonds. The summed E-state index contributed by atoms with van der Waals surface area (Å²) in [5.41, 5.74) is 2.72. The van der Waals surface area contributed by atoms with Gasteiger partial charge in [0, 0.05) is 11.3 Å². The van der Waals surface area contributed by atoms with Gasteiger partial charge in [0.25, 0.3) is 0 Å². The first-order valence-electron chi connectivity index (χ1n) is 7.84. The van der Waals surface area contributed by atoms with E-state index in [2.05, 4.69) is 10.2 Å². The number of benzene rings is 2. The van der Waals surface area contributed by atoms with Crippen molar-refractivity contribution in [1.82, 2.24) is 14.9 Å². The number of aryl methyl sites for hydroxylation is 1. The highest BCUT2D eigenvalue weighted by Gasteiger charge is 2.14. The second-order valence-corrected chi connectivity index (χ2v) is 6.55. The molecule has 8 heteroatoms. The van der Waals surface area contributed by atoms with E-state index in [9.17, 15) is 4.39 Å². The number of ether oxygens (including phenoxy) is 2.